The van der Waals surface area contributed by atoms with Gasteiger partial charge in [0.15, 0.2) is 0 Å². The molecule has 1 aromatic carbocycles. The lowest BCUT2D eigenvalue weighted by Gasteiger charge is -2.21. The van der Waals surface area contributed by atoms with Crippen LogP contribution in [0.15, 0.2) is 68.3 Å². The number of carbonyl (C=O) groups is 1. The number of aromatic nitrogens is 2. The molecule has 8 heteroatoms. The van der Waals surface area contributed by atoms with Gasteiger partial charge in [0.1, 0.15) is 15.0 Å². The van der Waals surface area contributed by atoms with Gasteiger partial charge in [-0.25, -0.2) is 4.98 Å². The predicted octanol–water partition coefficient (Wildman–Crippen LogP) is 5.15. The zero-order chi connectivity index (χ0) is 22.1. The van der Waals surface area contributed by atoms with Gasteiger partial charge in [-0.1, -0.05) is 66.9 Å². The first kappa shape index (κ1) is 21.8. The molecule has 1 saturated heterocycles. The van der Waals surface area contributed by atoms with Crippen LogP contribution in [0.25, 0.3) is 11.7 Å². The summed E-state index contributed by atoms with van der Waals surface area (Å²) < 4.78 is 2.05. The van der Waals surface area contributed by atoms with Crippen molar-refractivity contribution in [3.8, 4) is 0 Å². The van der Waals surface area contributed by atoms with Crippen LogP contribution in [0, 0.1) is 6.92 Å². The van der Waals surface area contributed by atoms with E-state index < -0.39 is 0 Å². The van der Waals surface area contributed by atoms with E-state index in [2.05, 4.69) is 0 Å². The lowest BCUT2D eigenvalue weighted by molar-refractivity contribution is -0.123. The van der Waals surface area contributed by atoms with E-state index in [1.54, 1.807) is 17.2 Å². The van der Waals surface area contributed by atoms with Crippen LogP contribution >= 0.6 is 35.7 Å². The molecule has 3 aromatic rings. The van der Waals surface area contributed by atoms with E-state index in [0.717, 1.165) is 16.9 Å². The molecule has 158 valence electrons. The molecular formula is C23H21N3O2S3. The highest BCUT2D eigenvalue weighted by Crippen LogP contribution is 2.36. The molecule has 0 bridgehead atoms. The Kier molecular flexibility index (Phi) is 6.31. The van der Waals surface area contributed by atoms with Crippen molar-refractivity contribution in [2.24, 2.45) is 0 Å². The summed E-state index contributed by atoms with van der Waals surface area (Å²) in [6.07, 6.45) is 4.15. The largest absolute Gasteiger partial charge is 0.290 e. The average Bonchev–Trinajstić information content (AvgIpc) is 3.04. The van der Waals surface area contributed by atoms with Crippen LogP contribution in [0.5, 0.6) is 0 Å². The Labute approximate surface area is 194 Å². The summed E-state index contributed by atoms with van der Waals surface area (Å²) >= 11 is 8.09. The Morgan fingerprint density at radius 3 is 2.65 bits per heavy atom. The van der Waals surface area contributed by atoms with Crippen molar-refractivity contribution in [3.63, 3.8) is 0 Å². The molecule has 1 aliphatic rings. The topological polar surface area (TPSA) is 54.7 Å². The molecule has 0 spiro atoms. The molecular weight excluding hydrogens is 446 g/mol. The number of aryl methyl sites for hydroxylation is 1. The maximum atomic E-state index is 13.4. The third-order valence-electron chi connectivity index (χ3n) is 5.14. The van der Waals surface area contributed by atoms with Crippen molar-refractivity contribution in [2.45, 2.75) is 43.2 Å². The summed E-state index contributed by atoms with van der Waals surface area (Å²) in [6, 6.07) is 13.5. The van der Waals surface area contributed by atoms with Gasteiger partial charge in [-0.15, -0.1) is 0 Å². The van der Waals surface area contributed by atoms with Gasteiger partial charge in [0, 0.05) is 17.1 Å². The van der Waals surface area contributed by atoms with Crippen molar-refractivity contribution < 1.29 is 4.79 Å². The molecule has 0 saturated carbocycles. The number of amides is 1. The molecule has 0 radical (unpaired) electrons. The highest BCUT2D eigenvalue weighted by Gasteiger charge is 2.35. The van der Waals surface area contributed by atoms with Crippen molar-refractivity contribution in [2.75, 3.05) is 0 Å². The van der Waals surface area contributed by atoms with Gasteiger partial charge in [0.2, 0.25) is 0 Å². The summed E-state index contributed by atoms with van der Waals surface area (Å²) in [5.74, 6) is -0.159. The smallest absolute Gasteiger partial charge is 0.266 e. The fourth-order valence-electron chi connectivity index (χ4n) is 3.27. The zero-order valence-corrected chi connectivity index (χ0v) is 19.8. The fraction of sp³-hybridized carbons (Fsp3) is 0.217. The van der Waals surface area contributed by atoms with E-state index >= 15 is 0 Å². The molecule has 1 atom stereocenters. The predicted molar refractivity (Wildman–Crippen MR) is 132 cm³/mol. The number of hydrogen-bond acceptors (Lipinski definition) is 6. The van der Waals surface area contributed by atoms with Gasteiger partial charge in [-0.3, -0.25) is 18.9 Å². The highest BCUT2D eigenvalue weighted by molar-refractivity contribution is 8.26. The second-order valence-electron chi connectivity index (χ2n) is 7.24. The SMILES string of the molecule is CC[C@H](C)N1C(=O)/C(=C/c2c(Sc3ccccc3)nc3c(C)cccn3c2=O)SC1=S. The Morgan fingerprint density at radius 1 is 1.19 bits per heavy atom. The van der Waals surface area contributed by atoms with Crippen LogP contribution in [0.3, 0.4) is 0 Å². The molecule has 0 N–H and O–H groups in total. The van der Waals surface area contributed by atoms with Crippen molar-refractivity contribution in [1.29, 1.82) is 0 Å². The van der Waals surface area contributed by atoms with Gasteiger partial charge < -0.3 is 0 Å². The van der Waals surface area contributed by atoms with Crippen LogP contribution in [-0.4, -0.2) is 30.6 Å². The molecule has 3 heterocycles. The molecule has 1 amide bonds. The monoisotopic (exact) mass is 467 g/mol. The molecule has 1 fully saturated rings. The van der Waals surface area contributed by atoms with Crippen molar-refractivity contribution in [1.82, 2.24) is 14.3 Å². The second-order valence-corrected chi connectivity index (χ2v) is 9.98. The van der Waals surface area contributed by atoms with Gasteiger partial charge in [-0.05, 0) is 50.1 Å². The Bertz CT molecular complexity index is 1270. The van der Waals surface area contributed by atoms with Gasteiger partial charge in [0.25, 0.3) is 11.5 Å². The summed E-state index contributed by atoms with van der Waals surface area (Å²) in [6.45, 7) is 5.92. The van der Waals surface area contributed by atoms with Crippen LogP contribution < -0.4 is 5.56 Å². The van der Waals surface area contributed by atoms with Gasteiger partial charge in [0.05, 0.1) is 10.5 Å². The third-order valence-corrected chi connectivity index (χ3v) is 7.48. The normalized spacial score (nSPS) is 16.5. The van der Waals surface area contributed by atoms with E-state index in [1.807, 2.05) is 63.2 Å². The van der Waals surface area contributed by atoms with Gasteiger partial charge >= 0.3 is 0 Å². The molecule has 5 nitrogen and oxygen atoms in total. The molecule has 0 unspecified atom stereocenters. The number of thiocarbonyl (C=S) groups is 1. The maximum Gasteiger partial charge on any atom is 0.266 e. The first-order valence-electron chi connectivity index (χ1n) is 9.92. The number of carbonyl (C=O) groups excluding carboxylic acids is 1. The molecule has 4 rings (SSSR count). The summed E-state index contributed by atoms with van der Waals surface area (Å²) in [4.78, 5) is 34.3. The van der Waals surface area contributed by atoms with Crippen molar-refractivity contribution >= 4 is 57.7 Å². The number of nitrogens with zero attached hydrogens (tertiary/aromatic N) is 3. The van der Waals surface area contributed by atoms with E-state index in [9.17, 15) is 9.59 Å². The highest BCUT2D eigenvalue weighted by atomic mass is 32.2. The Balaban J connectivity index is 1.88. The zero-order valence-electron chi connectivity index (χ0n) is 17.4. The number of thioether (sulfide) groups is 1. The first-order valence-corrected chi connectivity index (χ1v) is 12.0. The molecule has 1 aliphatic heterocycles. The summed E-state index contributed by atoms with van der Waals surface area (Å²) in [5, 5.41) is 0.569. The van der Waals surface area contributed by atoms with E-state index in [1.165, 1.54) is 27.9 Å². The molecule has 2 aromatic heterocycles. The number of pyridine rings is 1. The van der Waals surface area contributed by atoms with E-state index in [4.69, 9.17) is 17.2 Å². The summed E-state index contributed by atoms with van der Waals surface area (Å²) in [5.41, 5.74) is 1.70. The number of rotatable bonds is 5. The first-order chi connectivity index (χ1) is 14.9. The van der Waals surface area contributed by atoms with Crippen LogP contribution in [0.2, 0.25) is 0 Å². The Morgan fingerprint density at radius 2 is 1.94 bits per heavy atom. The van der Waals surface area contributed by atoms with Gasteiger partial charge in [-0.2, -0.15) is 0 Å². The fourth-order valence-corrected chi connectivity index (χ4v) is 5.62. The number of fused-ring (bicyclic) bond motifs is 1. The minimum absolute atomic E-state index is 0.00930. The van der Waals surface area contributed by atoms with Crippen molar-refractivity contribution in [3.05, 3.63) is 75.0 Å². The van der Waals surface area contributed by atoms with E-state index in [0.29, 0.717) is 25.5 Å². The molecule has 0 aliphatic carbocycles. The van der Waals surface area contributed by atoms with Crippen LogP contribution in [0.4, 0.5) is 0 Å². The van der Waals surface area contributed by atoms with Crippen LogP contribution in [0.1, 0.15) is 31.4 Å². The minimum Gasteiger partial charge on any atom is -0.290 e. The Hall–Kier alpha value is -2.42. The standard InChI is InChI=1S/C23H21N3O2S3/c1-4-15(3)26-22(28)18(31-23(26)29)13-17-20(30-16-10-6-5-7-11-16)24-19-14(2)9-8-12-25(19)21(17)27/h5-13,15H,4H2,1-3H3/b18-13-/t15-/m0/s1. The number of hydrogen-bond donors (Lipinski definition) is 0. The second kappa shape index (κ2) is 8.98. The lowest BCUT2D eigenvalue weighted by atomic mass is 10.2. The molecule has 31 heavy (non-hydrogen) atoms. The third kappa shape index (κ3) is 4.20. The average molecular weight is 468 g/mol. The van der Waals surface area contributed by atoms with Crippen LogP contribution in [-0.2, 0) is 4.79 Å². The summed E-state index contributed by atoms with van der Waals surface area (Å²) in [7, 11) is 0. The maximum absolute atomic E-state index is 13.4. The quantitative estimate of drug-likeness (QED) is 0.294. The number of benzene rings is 1. The van der Waals surface area contributed by atoms with E-state index in [-0.39, 0.29) is 17.5 Å². The lowest BCUT2D eigenvalue weighted by Crippen LogP contribution is -2.36. The minimum atomic E-state index is -0.207.